The lowest BCUT2D eigenvalue weighted by atomic mass is 10.0. The Bertz CT molecular complexity index is 607. The molecule has 2 aromatic rings. The molecule has 0 unspecified atom stereocenters. The number of hydrogen-bond donors (Lipinski definition) is 0. The fraction of sp³-hybridized carbons (Fsp3) is 0.421. The molecule has 0 saturated carbocycles. The lowest BCUT2D eigenvalue weighted by Gasteiger charge is -2.12. The largest absolute Gasteiger partial charge is 0.468 e. The SMILES string of the molecule is CCCCc1ccn(CCSCC(=O)OC)c1-c1ccccc1. The van der Waals surface area contributed by atoms with Gasteiger partial charge in [0.2, 0.25) is 0 Å². The third-order valence-electron chi connectivity index (χ3n) is 3.82. The van der Waals surface area contributed by atoms with Crippen LogP contribution in [-0.4, -0.2) is 29.2 Å². The van der Waals surface area contributed by atoms with Gasteiger partial charge in [-0.15, -0.1) is 11.8 Å². The van der Waals surface area contributed by atoms with Crippen molar-refractivity contribution in [3.63, 3.8) is 0 Å². The molecular weight excluding hydrogens is 306 g/mol. The number of carbonyl (C=O) groups excluding carboxylic acids is 1. The van der Waals surface area contributed by atoms with Gasteiger partial charge in [0.1, 0.15) is 0 Å². The maximum absolute atomic E-state index is 11.2. The van der Waals surface area contributed by atoms with Crippen molar-refractivity contribution >= 4 is 17.7 Å². The third-order valence-corrected chi connectivity index (χ3v) is 4.73. The van der Waals surface area contributed by atoms with Crippen molar-refractivity contribution in [2.75, 3.05) is 18.6 Å². The maximum Gasteiger partial charge on any atom is 0.315 e. The summed E-state index contributed by atoms with van der Waals surface area (Å²) in [4.78, 5) is 11.2. The highest BCUT2D eigenvalue weighted by atomic mass is 32.2. The molecule has 0 radical (unpaired) electrons. The summed E-state index contributed by atoms with van der Waals surface area (Å²) in [6, 6.07) is 12.8. The minimum Gasteiger partial charge on any atom is -0.468 e. The summed E-state index contributed by atoms with van der Waals surface area (Å²) in [6.07, 6.45) is 5.70. The maximum atomic E-state index is 11.2. The Labute approximate surface area is 143 Å². The second-order valence-corrected chi connectivity index (χ2v) is 6.59. The molecule has 3 nitrogen and oxygen atoms in total. The van der Waals surface area contributed by atoms with Crippen LogP contribution >= 0.6 is 11.8 Å². The Morgan fingerprint density at radius 3 is 2.70 bits per heavy atom. The highest BCUT2D eigenvalue weighted by Crippen LogP contribution is 2.26. The van der Waals surface area contributed by atoms with Crippen LogP contribution in [0, 0.1) is 0 Å². The number of rotatable bonds is 9. The minimum atomic E-state index is -0.158. The van der Waals surface area contributed by atoms with Crippen LogP contribution in [-0.2, 0) is 22.5 Å². The standard InChI is InChI=1S/C19H25NO2S/c1-3-4-8-17-11-12-20(13-14-23-15-18(21)22-2)19(17)16-9-6-5-7-10-16/h5-7,9-12H,3-4,8,13-15H2,1-2H3. The molecule has 1 heterocycles. The Morgan fingerprint density at radius 2 is 2.00 bits per heavy atom. The molecule has 0 atom stereocenters. The van der Waals surface area contributed by atoms with Gasteiger partial charge in [0.05, 0.1) is 18.6 Å². The van der Waals surface area contributed by atoms with Crippen molar-refractivity contribution in [2.45, 2.75) is 32.7 Å². The summed E-state index contributed by atoms with van der Waals surface area (Å²) in [7, 11) is 1.43. The Kier molecular flexibility index (Phi) is 7.27. The Balaban J connectivity index is 2.09. The summed E-state index contributed by atoms with van der Waals surface area (Å²) in [5, 5.41) is 0. The predicted octanol–water partition coefficient (Wildman–Crippen LogP) is 4.40. The van der Waals surface area contributed by atoms with Crippen LogP contribution in [0.3, 0.4) is 0 Å². The van der Waals surface area contributed by atoms with E-state index in [2.05, 4.69) is 58.8 Å². The number of hydrogen-bond acceptors (Lipinski definition) is 3. The predicted molar refractivity (Wildman–Crippen MR) is 97.8 cm³/mol. The van der Waals surface area contributed by atoms with Gasteiger partial charge in [-0.2, -0.15) is 0 Å². The highest BCUT2D eigenvalue weighted by molar-refractivity contribution is 7.99. The summed E-state index contributed by atoms with van der Waals surface area (Å²) < 4.78 is 6.99. The van der Waals surface area contributed by atoms with Crippen LogP contribution in [0.25, 0.3) is 11.3 Å². The number of nitrogens with zero attached hydrogens (tertiary/aromatic N) is 1. The zero-order valence-corrected chi connectivity index (χ0v) is 14.8. The van der Waals surface area contributed by atoms with Crippen molar-refractivity contribution < 1.29 is 9.53 Å². The van der Waals surface area contributed by atoms with E-state index < -0.39 is 0 Å². The van der Waals surface area contributed by atoms with Gasteiger partial charge in [-0.05, 0) is 30.0 Å². The second-order valence-electron chi connectivity index (χ2n) is 5.48. The van der Waals surface area contributed by atoms with Crippen molar-refractivity contribution in [3.05, 3.63) is 48.2 Å². The summed E-state index contributed by atoms with van der Waals surface area (Å²) in [5.74, 6) is 1.16. The van der Waals surface area contributed by atoms with E-state index >= 15 is 0 Å². The van der Waals surface area contributed by atoms with E-state index in [1.807, 2.05) is 0 Å². The molecule has 1 aromatic heterocycles. The molecule has 0 bridgehead atoms. The van der Waals surface area contributed by atoms with Gasteiger partial charge in [-0.1, -0.05) is 43.7 Å². The number of thioether (sulfide) groups is 1. The monoisotopic (exact) mass is 331 g/mol. The smallest absolute Gasteiger partial charge is 0.315 e. The molecule has 1 aromatic carbocycles. The normalized spacial score (nSPS) is 10.7. The van der Waals surface area contributed by atoms with Gasteiger partial charge < -0.3 is 9.30 Å². The Hall–Kier alpha value is -1.68. The van der Waals surface area contributed by atoms with E-state index in [0.29, 0.717) is 5.75 Å². The van der Waals surface area contributed by atoms with Crippen LogP contribution in [0.5, 0.6) is 0 Å². The highest BCUT2D eigenvalue weighted by Gasteiger charge is 2.11. The number of carbonyl (C=O) groups is 1. The zero-order valence-electron chi connectivity index (χ0n) is 14.0. The third kappa shape index (κ3) is 5.17. The van der Waals surface area contributed by atoms with Crippen LogP contribution in [0.15, 0.2) is 42.6 Å². The van der Waals surface area contributed by atoms with Crippen molar-refractivity contribution in [3.8, 4) is 11.3 Å². The summed E-state index contributed by atoms with van der Waals surface area (Å²) in [6.45, 7) is 3.13. The number of aryl methyl sites for hydroxylation is 2. The molecule has 124 valence electrons. The lowest BCUT2D eigenvalue weighted by molar-refractivity contribution is -0.137. The molecule has 2 rings (SSSR count). The zero-order chi connectivity index (χ0) is 16.5. The van der Waals surface area contributed by atoms with E-state index in [9.17, 15) is 4.79 Å². The van der Waals surface area contributed by atoms with E-state index in [-0.39, 0.29) is 5.97 Å². The van der Waals surface area contributed by atoms with Gasteiger partial charge >= 0.3 is 5.97 Å². The van der Waals surface area contributed by atoms with Crippen molar-refractivity contribution in [1.29, 1.82) is 0 Å². The number of unbranched alkanes of at least 4 members (excludes halogenated alkanes) is 1. The number of ether oxygens (including phenoxy) is 1. The quantitative estimate of drug-likeness (QED) is 0.504. The first-order chi connectivity index (χ1) is 11.3. The number of aromatic nitrogens is 1. The number of methoxy groups -OCH3 is 1. The van der Waals surface area contributed by atoms with Gasteiger partial charge in [-0.3, -0.25) is 4.79 Å². The fourth-order valence-corrected chi connectivity index (χ4v) is 3.35. The summed E-state index contributed by atoms with van der Waals surface area (Å²) >= 11 is 1.62. The van der Waals surface area contributed by atoms with Gasteiger partial charge in [-0.25, -0.2) is 0 Å². The van der Waals surface area contributed by atoms with E-state index in [0.717, 1.165) is 18.7 Å². The fourth-order valence-electron chi connectivity index (χ4n) is 2.60. The first-order valence-corrected chi connectivity index (χ1v) is 9.29. The Morgan fingerprint density at radius 1 is 1.22 bits per heavy atom. The first kappa shape index (κ1) is 17.7. The second kappa shape index (κ2) is 9.46. The number of benzene rings is 1. The first-order valence-electron chi connectivity index (χ1n) is 8.14. The van der Waals surface area contributed by atoms with Crippen molar-refractivity contribution in [1.82, 2.24) is 4.57 Å². The van der Waals surface area contributed by atoms with E-state index in [1.54, 1.807) is 11.8 Å². The molecule has 0 spiro atoms. The van der Waals surface area contributed by atoms with E-state index in [4.69, 9.17) is 0 Å². The average molecular weight is 331 g/mol. The molecular formula is C19H25NO2S. The minimum absolute atomic E-state index is 0.158. The van der Waals surface area contributed by atoms with Gasteiger partial charge in [0.15, 0.2) is 0 Å². The van der Waals surface area contributed by atoms with Crippen LogP contribution in [0.4, 0.5) is 0 Å². The molecule has 0 saturated heterocycles. The van der Waals surface area contributed by atoms with E-state index in [1.165, 1.54) is 36.8 Å². The molecule has 0 N–H and O–H groups in total. The topological polar surface area (TPSA) is 31.2 Å². The van der Waals surface area contributed by atoms with Crippen LogP contribution < -0.4 is 0 Å². The molecule has 0 aliphatic heterocycles. The lowest BCUT2D eigenvalue weighted by Crippen LogP contribution is -2.07. The van der Waals surface area contributed by atoms with Crippen LogP contribution in [0.2, 0.25) is 0 Å². The average Bonchev–Trinajstić information content (AvgIpc) is 3.00. The van der Waals surface area contributed by atoms with Gasteiger partial charge in [0, 0.05) is 18.5 Å². The van der Waals surface area contributed by atoms with Crippen molar-refractivity contribution in [2.24, 2.45) is 0 Å². The molecule has 23 heavy (non-hydrogen) atoms. The molecule has 0 fully saturated rings. The van der Waals surface area contributed by atoms with Gasteiger partial charge in [0.25, 0.3) is 0 Å². The molecule has 0 amide bonds. The molecule has 0 aliphatic carbocycles. The summed E-state index contributed by atoms with van der Waals surface area (Å²) in [5.41, 5.74) is 4.00. The number of esters is 1. The molecule has 4 heteroatoms. The van der Waals surface area contributed by atoms with Crippen LogP contribution in [0.1, 0.15) is 25.3 Å². The molecule has 0 aliphatic rings.